The van der Waals surface area contributed by atoms with Gasteiger partial charge in [0.1, 0.15) is 0 Å². The van der Waals surface area contributed by atoms with Gasteiger partial charge in [0.2, 0.25) is 0 Å². The topological polar surface area (TPSA) is 0 Å². The molecule has 2 aliphatic carbocycles. The number of rotatable bonds is 2. The molecule has 0 atom stereocenters. The van der Waals surface area contributed by atoms with Crippen molar-refractivity contribution in [1.29, 1.82) is 0 Å². The van der Waals surface area contributed by atoms with E-state index in [-0.39, 0.29) is 0 Å². The normalized spacial score (nSPS) is 14.8. The van der Waals surface area contributed by atoms with Gasteiger partial charge >= 0.3 is 0 Å². The second-order valence-corrected chi connectivity index (χ2v) is 6.34. The number of benzene rings is 1. The SMILES string of the molecule is C#C.C1=CCC=C(SC2CC=CC2)C=C1.CC.Cc1ccccc1. The molecule has 0 saturated carbocycles. The van der Waals surface area contributed by atoms with Crippen molar-refractivity contribution in [3.05, 3.63) is 83.3 Å². The fraction of sp³-hybridized carbons (Fsp3) is 0.304. The van der Waals surface area contributed by atoms with E-state index in [0.29, 0.717) is 0 Å². The molecule has 2 aliphatic rings. The van der Waals surface area contributed by atoms with Gasteiger partial charge in [0.15, 0.2) is 0 Å². The number of hydrogen-bond donors (Lipinski definition) is 0. The molecular weight excluding hydrogens is 308 g/mol. The van der Waals surface area contributed by atoms with Crippen LogP contribution in [0.1, 0.15) is 38.7 Å². The van der Waals surface area contributed by atoms with Crippen LogP contribution in [0, 0.1) is 19.8 Å². The molecule has 3 rings (SSSR count). The molecule has 0 saturated heterocycles. The molecule has 0 amide bonds. The maximum atomic E-state index is 4.00. The molecule has 0 aliphatic heterocycles. The summed E-state index contributed by atoms with van der Waals surface area (Å²) in [6.45, 7) is 6.08. The molecule has 0 bridgehead atoms. The molecule has 128 valence electrons. The van der Waals surface area contributed by atoms with Crippen molar-refractivity contribution < 1.29 is 0 Å². The number of aryl methyl sites for hydroxylation is 1. The summed E-state index contributed by atoms with van der Waals surface area (Å²) in [7, 11) is 0. The zero-order valence-electron chi connectivity index (χ0n) is 15.2. The average molecular weight is 339 g/mol. The quantitative estimate of drug-likeness (QED) is 0.409. The molecule has 0 unspecified atom stereocenters. The van der Waals surface area contributed by atoms with E-state index in [2.05, 4.69) is 74.4 Å². The molecule has 0 heterocycles. The van der Waals surface area contributed by atoms with E-state index in [1.165, 1.54) is 23.3 Å². The minimum absolute atomic E-state index is 0.786. The summed E-state index contributed by atoms with van der Waals surface area (Å²) in [4.78, 5) is 1.43. The minimum atomic E-state index is 0.786. The average Bonchev–Trinajstić information content (AvgIpc) is 3.02. The Balaban J connectivity index is 0.000000408. The van der Waals surface area contributed by atoms with Gasteiger partial charge in [-0.05, 0) is 32.3 Å². The largest absolute Gasteiger partial charge is 0.124 e. The Labute approximate surface area is 153 Å². The van der Waals surface area contributed by atoms with E-state index in [1.54, 1.807) is 0 Å². The highest BCUT2D eigenvalue weighted by molar-refractivity contribution is 8.03. The van der Waals surface area contributed by atoms with E-state index >= 15 is 0 Å². The third kappa shape index (κ3) is 10.8. The lowest BCUT2D eigenvalue weighted by molar-refractivity contribution is 0.956. The Hall–Kier alpha value is -1.91. The van der Waals surface area contributed by atoms with E-state index < -0.39 is 0 Å². The number of hydrogen-bond acceptors (Lipinski definition) is 1. The summed E-state index contributed by atoms with van der Waals surface area (Å²) in [6.07, 6.45) is 27.1. The van der Waals surface area contributed by atoms with E-state index in [9.17, 15) is 0 Å². The van der Waals surface area contributed by atoms with Gasteiger partial charge in [-0.25, -0.2) is 0 Å². The summed E-state index contributed by atoms with van der Waals surface area (Å²) >= 11 is 2.01. The highest BCUT2D eigenvalue weighted by Gasteiger charge is 2.11. The smallest absolute Gasteiger partial charge is 0.0163 e. The molecule has 0 N–H and O–H groups in total. The molecule has 24 heavy (non-hydrogen) atoms. The summed E-state index contributed by atoms with van der Waals surface area (Å²) < 4.78 is 0. The van der Waals surface area contributed by atoms with Gasteiger partial charge in [-0.15, -0.1) is 24.6 Å². The molecule has 0 spiro atoms. The predicted molar refractivity (Wildman–Crippen MR) is 113 cm³/mol. The third-order valence-corrected chi connectivity index (χ3v) is 4.46. The lowest BCUT2D eigenvalue weighted by Crippen LogP contribution is -1.93. The van der Waals surface area contributed by atoms with Crippen LogP contribution in [0.25, 0.3) is 0 Å². The first kappa shape index (κ1) is 22.1. The van der Waals surface area contributed by atoms with Crippen molar-refractivity contribution in [3.63, 3.8) is 0 Å². The lowest BCUT2D eigenvalue weighted by Gasteiger charge is -2.08. The highest BCUT2D eigenvalue weighted by atomic mass is 32.2. The van der Waals surface area contributed by atoms with Crippen molar-refractivity contribution in [2.24, 2.45) is 0 Å². The fourth-order valence-corrected chi connectivity index (χ4v) is 3.21. The van der Waals surface area contributed by atoms with Crippen molar-refractivity contribution in [1.82, 2.24) is 0 Å². The van der Waals surface area contributed by atoms with Crippen LogP contribution in [0.4, 0.5) is 0 Å². The molecule has 1 heteroatoms. The van der Waals surface area contributed by atoms with E-state index in [1.807, 2.05) is 43.8 Å². The highest BCUT2D eigenvalue weighted by Crippen LogP contribution is 2.31. The molecule has 0 radical (unpaired) electrons. The summed E-state index contributed by atoms with van der Waals surface area (Å²) in [5.41, 5.74) is 1.32. The van der Waals surface area contributed by atoms with Crippen LogP contribution < -0.4 is 0 Å². The standard InChI is InChI=1S/C12H14S.C7H8.C2H6.C2H2/c1-2-4-8-11(7-3-1)13-12-9-5-6-10-12;1-7-5-3-2-4-6-7;2*1-2/h1-3,5-8,12H,4,9-10H2;2-6H,1H3;1-2H3;1-2H. The second kappa shape index (κ2) is 16.0. The van der Waals surface area contributed by atoms with Crippen LogP contribution in [0.2, 0.25) is 0 Å². The number of terminal acetylenes is 1. The molecular formula is C23H30S. The van der Waals surface area contributed by atoms with Gasteiger partial charge in [0.25, 0.3) is 0 Å². The van der Waals surface area contributed by atoms with Crippen LogP contribution in [0.3, 0.4) is 0 Å². The van der Waals surface area contributed by atoms with Crippen molar-refractivity contribution >= 4 is 11.8 Å². The summed E-state index contributed by atoms with van der Waals surface area (Å²) in [5, 5.41) is 0.786. The Morgan fingerprint density at radius 3 is 2.08 bits per heavy atom. The first-order valence-electron chi connectivity index (χ1n) is 8.54. The minimum Gasteiger partial charge on any atom is -0.124 e. The maximum absolute atomic E-state index is 4.00. The summed E-state index contributed by atoms with van der Waals surface area (Å²) in [5.74, 6) is 0. The molecule has 0 aromatic heterocycles. The molecule has 1 aromatic rings. The van der Waals surface area contributed by atoms with Crippen LogP contribution in [0.15, 0.2) is 77.8 Å². The van der Waals surface area contributed by atoms with E-state index in [4.69, 9.17) is 0 Å². The van der Waals surface area contributed by atoms with Gasteiger partial charge < -0.3 is 0 Å². The zero-order valence-corrected chi connectivity index (χ0v) is 16.0. The number of thioether (sulfide) groups is 1. The summed E-state index contributed by atoms with van der Waals surface area (Å²) in [6, 6.07) is 10.3. The third-order valence-electron chi connectivity index (χ3n) is 3.17. The Kier molecular flexibility index (Phi) is 14.7. The lowest BCUT2D eigenvalue weighted by atomic mass is 10.2. The van der Waals surface area contributed by atoms with Gasteiger partial charge in [-0.2, -0.15) is 0 Å². The van der Waals surface area contributed by atoms with Crippen molar-refractivity contribution in [2.45, 2.75) is 45.3 Å². The number of allylic oxidation sites excluding steroid dienone is 7. The van der Waals surface area contributed by atoms with Gasteiger partial charge in [0.05, 0.1) is 0 Å². The second-order valence-electron chi connectivity index (χ2n) is 4.97. The Morgan fingerprint density at radius 1 is 0.917 bits per heavy atom. The van der Waals surface area contributed by atoms with Crippen molar-refractivity contribution in [2.75, 3.05) is 0 Å². The van der Waals surface area contributed by atoms with Gasteiger partial charge in [-0.3, -0.25) is 0 Å². The first-order valence-corrected chi connectivity index (χ1v) is 9.42. The molecule has 0 fully saturated rings. The predicted octanol–water partition coefficient (Wildman–Crippen LogP) is 7.11. The van der Waals surface area contributed by atoms with Gasteiger partial charge in [-0.1, -0.05) is 86.2 Å². The first-order chi connectivity index (χ1) is 11.8. The zero-order chi connectivity index (χ0) is 18.0. The Morgan fingerprint density at radius 2 is 1.54 bits per heavy atom. The molecule has 1 aromatic carbocycles. The Bertz CT molecular complexity index is 536. The van der Waals surface area contributed by atoms with Gasteiger partial charge in [0, 0.05) is 10.2 Å². The monoisotopic (exact) mass is 338 g/mol. The fourth-order valence-electron chi connectivity index (χ4n) is 2.06. The van der Waals surface area contributed by atoms with Crippen LogP contribution in [0.5, 0.6) is 0 Å². The van der Waals surface area contributed by atoms with Crippen LogP contribution in [-0.2, 0) is 0 Å². The van der Waals surface area contributed by atoms with Crippen molar-refractivity contribution in [3.8, 4) is 12.8 Å². The molecule has 0 nitrogen and oxygen atoms in total. The van der Waals surface area contributed by atoms with Crippen LogP contribution in [-0.4, -0.2) is 5.25 Å². The maximum Gasteiger partial charge on any atom is 0.0163 e. The van der Waals surface area contributed by atoms with Crippen LogP contribution >= 0.6 is 11.8 Å². The van der Waals surface area contributed by atoms with E-state index in [0.717, 1.165) is 11.7 Å².